The molecule has 3 heterocycles. The van der Waals surface area contributed by atoms with E-state index in [-0.39, 0.29) is 18.1 Å². The molecule has 284 valence electrons. The van der Waals surface area contributed by atoms with Crippen LogP contribution in [0, 0.1) is 11.3 Å². The molecule has 6 atom stereocenters. The Hall–Kier alpha value is -3.50. The molecule has 0 amide bonds. The Morgan fingerprint density at radius 2 is 1.81 bits per heavy atom. The van der Waals surface area contributed by atoms with Gasteiger partial charge in [-0.05, 0) is 74.2 Å². The number of hydrogen-bond donors (Lipinski definition) is 4. The van der Waals surface area contributed by atoms with Crippen molar-refractivity contribution in [2.75, 3.05) is 44.9 Å². The first kappa shape index (κ1) is 39.7. The molecule has 0 aliphatic carbocycles. The van der Waals surface area contributed by atoms with Gasteiger partial charge in [-0.1, -0.05) is 30.3 Å². The van der Waals surface area contributed by atoms with E-state index in [0.717, 1.165) is 29.5 Å². The van der Waals surface area contributed by atoms with Gasteiger partial charge in [0.2, 0.25) is 0 Å². The van der Waals surface area contributed by atoms with Crippen LogP contribution in [0.4, 0.5) is 5.69 Å². The zero-order valence-corrected chi connectivity index (χ0v) is 31.1. The van der Waals surface area contributed by atoms with Gasteiger partial charge < -0.3 is 39.2 Å². The summed E-state index contributed by atoms with van der Waals surface area (Å²) in [5.41, 5.74) is 0.728. The number of nitriles is 1. The summed E-state index contributed by atoms with van der Waals surface area (Å²) in [5.74, 6) is 0. The average molecular weight is 743 g/mol. The summed E-state index contributed by atoms with van der Waals surface area (Å²) in [7, 11) is -2.83. The Kier molecular flexibility index (Phi) is 12.7. The van der Waals surface area contributed by atoms with Crippen LogP contribution < -0.4 is 9.62 Å². The monoisotopic (exact) mass is 742 g/mol. The summed E-state index contributed by atoms with van der Waals surface area (Å²) in [4.78, 5) is 1.88. The van der Waals surface area contributed by atoms with Crippen LogP contribution in [0.3, 0.4) is 0 Å². The van der Waals surface area contributed by atoms with E-state index in [1.165, 1.54) is 17.9 Å². The molecule has 4 N–H and O–H groups in total. The lowest BCUT2D eigenvalue weighted by atomic mass is 9.96. The number of nitrogens with one attached hydrogen (secondary N) is 1. The van der Waals surface area contributed by atoms with Gasteiger partial charge in [-0.15, -0.1) is 5.10 Å². The molecule has 1 aromatic heterocycles. The average Bonchev–Trinajstić information content (AvgIpc) is 3.56. The molecule has 3 aromatic rings. The molecule has 0 saturated carbocycles. The van der Waals surface area contributed by atoms with Crippen LogP contribution in [-0.4, -0.2) is 121 Å². The fourth-order valence-corrected chi connectivity index (χ4v) is 7.67. The topological polar surface area (TPSA) is 202 Å². The molecule has 2 aliphatic rings. The van der Waals surface area contributed by atoms with E-state index in [4.69, 9.17) is 18.9 Å². The first-order valence-corrected chi connectivity index (χ1v) is 18.9. The molecule has 2 aliphatic heterocycles. The maximum Gasteiger partial charge on any atom is 0.251 e. The molecule has 2 aromatic carbocycles. The maximum absolute atomic E-state index is 13.4. The highest BCUT2D eigenvalue weighted by atomic mass is 32.2. The Balaban J connectivity index is 1.16. The molecule has 0 radical (unpaired) electrons. The third kappa shape index (κ3) is 9.72. The van der Waals surface area contributed by atoms with Gasteiger partial charge >= 0.3 is 0 Å². The largest absolute Gasteiger partial charge is 0.388 e. The van der Waals surface area contributed by atoms with E-state index in [0.29, 0.717) is 43.7 Å². The summed E-state index contributed by atoms with van der Waals surface area (Å²) in [6.45, 7) is 10.7. The van der Waals surface area contributed by atoms with Crippen LogP contribution in [-0.2, 0) is 41.9 Å². The van der Waals surface area contributed by atoms with E-state index in [2.05, 4.69) is 26.0 Å². The molecule has 2 saturated heterocycles. The Bertz CT molecular complexity index is 1850. The number of aliphatic hydroxyl groups excluding tert-OH is 3. The summed E-state index contributed by atoms with van der Waals surface area (Å²) in [5, 5.41) is 50.8. The van der Waals surface area contributed by atoms with Gasteiger partial charge in [-0.2, -0.15) is 5.26 Å². The number of methoxy groups -OCH3 is 1. The van der Waals surface area contributed by atoms with Crippen LogP contribution in [0.25, 0.3) is 16.8 Å². The van der Waals surface area contributed by atoms with Gasteiger partial charge in [0.1, 0.15) is 30.5 Å². The molecule has 5 rings (SSSR count). The number of nitrogens with zero attached hydrogens (tertiary/aromatic N) is 5. The molecular formula is C36H50N6O9S. The van der Waals surface area contributed by atoms with Gasteiger partial charge in [0.25, 0.3) is 10.0 Å². The molecule has 2 fully saturated rings. The van der Waals surface area contributed by atoms with E-state index < -0.39 is 51.9 Å². The van der Waals surface area contributed by atoms with Crippen LogP contribution in [0.5, 0.6) is 0 Å². The Morgan fingerprint density at radius 3 is 2.50 bits per heavy atom. The first-order chi connectivity index (χ1) is 24.7. The van der Waals surface area contributed by atoms with Gasteiger partial charge in [-0.25, -0.2) is 17.8 Å². The van der Waals surface area contributed by atoms with E-state index in [1.54, 1.807) is 26.1 Å². The third-order valence-electron chi connectivity index (χ3n) is 9.67. The number of benzene rings is 2. The number of morpholine rings is 1. The van der Waals surface area contributed by atoms with Crippen molar-refractivity contribution < 1.29 is 42.7 Å². The van der Waals surface area contributed by atoms with Crippen LogP contribution in [0.1, 0.15) is 51.8 Å². The van der Waals surface area contributed by atoms with Crippen molar-refractivity contribution in [1.29, 1.82) is 5.26 Å². The zero-order chi connectivity index (χ0) is 37.7. The summed E-state index contributed by atoms with van der Waals surface area (Å²) in [6.07, 6.45) is -1.76. The number of fused-ring (bicyclic) bond motifs is 1. The number of ether oxygens (including phenoxy) is 4. The molecule has 52 heavy (non-hydrogen) atoms. The lowest BCUT2D eigenvalue weighted by Crippen LogP contribution is -2.58. The van der Waals surface area contributed by atoms with Gasteiger partial charge in [0, 0.05) is 50.7 Å². The van der Waals surface area contributed by atoms with Crippen molar-refractivity contribution in [3.8, 4) is 6.07 Å². The van der Waals surface area contributed by atoms with Crippen molar-refractivity contribution in [3.05, 3.63) is 58.8 Å². The molecule has 15 nitrogen and oxygen atoms in total. The van der Waals surface area contributed by atoms with Crippen molar-refractivity contribution >= 4 is 32.6 Å². The molecule has 0 spiro atoms. The van der Waals surface area contributed by atoms with E-state index in [9.17, 15) is 29.0 Å². The molecule has 0 bridgehead atoms. The number of rotatable bonds is 15. The zero-order valence-electron chi connectivity index (χ0n) is 30.3. The Morgan fingerprint density at radius 1 is 1.10 bits per heavy atom. The van der Waals surface area contributed by atoms with Gasteiger partial charge in [0.15, 0.2) is 11.2 Å². The van der Waals surface area contributed by atoms with Crippen LogP contribution >= 0.6 is 0 Å². The second-order valence-corrected chi connectivity index (χ2v) is 15.9. The predicted octanol–water partition coefficient (Wildman–Crippen LogP) is 2.10. The molecular weight excluding hydrogens is 692 g/mol. The fraction of sp³-hybridized carbons (Fsp3) is 0.583. The number of anilines is 1. The second-order valence-electron chi connectivity index (χ2n) is 14.3. The normalized spacial score (nSPS) is 24.5. The highest BCUT2D eigenvalue weighted by molar-refractivity contribution is 7.93. The number of aromatic nitrogens is 3. The molecule has 16 heteroatoms. The smallest absolute Gasteiger partial charge is 0.251 e. The summed E-state index contributed by atoms with van der Waals surface area (Å²) < 4.78 is 53.4. The number of allylic oxidation sites excluding steroid dienone is 1. The molecule has 1 unspecified atom stereocenters. The Labute approximate surface area is 304 Å². The SMILES string of the molecule is CCC(C)(Cc1cn(C[C@H]2O[C@H](OC)[C@H](O)[C@@H](O)[C@@H]2O)nn1)OCCC(C)(C)NS(=O)(=O)/C(C#N)=C/c1ccc2cc(N3CCOCC3)ccc2c1. The van der Waals surface area contributed by atoms with E-state index in [1.807, 2.05) is 44.2 Å². The highest BCUT2D eigenvalue weighted by Crippen LogP contribution is 2.27. The van der Waals surface area contributed by atoms with Crippen molar-refractivity contribution in [2.24, 2.45) is 0 Å². The van der Waals surface area contributed by atoms with Gasteiger partial charge in [0.05, 0.1) is 31.1 Å². The number of sulfonamides is 1. The third-order valence-corrected chi connectivity index (χ3v) is 11.3. The predicted molar refractivity (Wildman–Crippen MR) is 193 cm³/mol. The number of hydrogen-bond acceptors (Lipinski definition) is 13. The van der Waals surface area contributed by atoms with E-state index >= 15 is 0 Å². The first-order valence-electron chi connectivity index (χ1n) is 17.4. The standard InChI is InChI=1S/C36H50N6O9S/c1-6-36(4,20-27-22-42(40-38-27)23-30-31(43)32(44)33(45)34(48-5)51-30)50-14-11-35(2,3)39-52(46,47)29(21-37)18-24-7-8-26-19-28(10-9-25(26)17-24)41-12-15-49-16-13-41/h7-10,17-19,22,30-34,39,43-45H,6,11-16,20,23H2,1-5H3/b29-18+/t30-,31-,32+,33-,34+,36?/m1/s1. The highest BCUT2D eigenvalue weighted by Gasteiger charge is 2.44. The van der Waals surface area contributed by atoms with Crippen molar-refractivity contribution in [2.45, 2.75) is 95.3 Å². The van der Waals surface area contributed by atoms with Crippen molar-refractivity contribution in [3.63, 3.8) is 0 Å². The minimum absolute atomic E-state index is 0.0615. The van der Waals surface area contributed by atoms with Gasteiger partial charge in [-0.3, -0.25) is 0 Å². The quantitative estimate of drug-likeness (QED) is 0.165. The summed E-state index contributed by atoms with van der Waals surface area (Å²) >= 11 is 0. The lowest BCUT2D eigenvalue weighted by Gasteiger charge is -2.39. The fourth-order valence-electron chi connectivity index (χ4n) is 6.32. The minimum Gasteiger partial charge on any atom is -0.388 e. The van der Waals surface area contributed by atoms with Crippen LogP contribution in [0.2, 0.25) is 0 Å². The minimum atomic E-state index is -4.16. The summed E-state index contributed by atoms with van der Waals surface area (Å²) in [6, 6.07) is 13.6. The lowest BCUT2D eigenvalue weighted by molar-refractivity contribution is -0.292. The second kappa shape index (κ2) is 16.7. The maximum atomic E-state index is 13.4. The van der Waals surface area contributed by atoms with Crippen molar-refractivity contribution in [1.82, 2.24) is 19.7 Å². The van der Waals surface area contributed by atoms with Crippen LogP contribution in [0.15, 0.2) is 47.5 Å². The number of aliphatic hydroxyl groups is 3.